The van der Waals surface area contributed by atoms with Crippen LogP contribution in [0.3, 0.4) is 0 Å². The predicted molar refractivity (Wildman–Crippen MR) is 83.6 cm³/mol. The fraction of sp³-hybridized carbons (Fsp3) is 0.750. The Labute approximate surface area is 127 Å². The van der Waals surface area contributed by atoms with Gasteiger partial charge in [0.15, 0.2) is 0 Å². The second-order valence-electron chi connectivity index (χ2n) is 6.15. The van der Waals surface area contributed by atoms with E-state index in [-0.39, 0.29) is 0 Å². The van der Waals surface area contributed by atoms with Gasteiger partial charge in [0.05, 0.1) is 6.10 Å². The third-order valence-corrected chi connectivity index (χ3v) is 4.51. The van der Waals surface area contributed by atoms with Gasteiger partial charge in [-0.15, -0.1) is 0 Å². The molecule has 0 aromatic carbocycles. The first-order valence-corrected chi connectivity index (χ1v) is 8.19. The van der Waals surface area contributed by atoms with Crippen LogP contribution in [0, 0.1) is 0 Å². The summed E-state index contributed by atoms with van der Waals surface area (Å²) >= 11 is 0. The van der Waals surface area contributed by atoms with Crippen LogP contribution in [0.15, 0.2) is 6.33 Å². The molecular formula is C16H26N4O. The average Bonchev–Trinajstić information content (AvgIpc) is 2.98. The lowest BCUT2D eigenvalue weighted by Gasteiger charge is -2.28. The molecular weight excluding hydrogens is 264 g/mol. The normalized spacial score (nSPS) is 19.7. The minimum Gasteiger partial charge on any atom is -0.378 e. The molecule has 5 heteroatoms. The summed E-state index contributed by atoms with van der Waals surface area (Å²) in [5.41, 5.74) is 2.56. The van der Waals surface area contributed by atoms with Gasteiger partial charge in [0, 0.05) is 37.5 Å². The zero-order valence-electron chi connectivity index (χ0n) is 13.0. The third kappa shape index (κ3) is 3.92. The minimum atomic E-state index is 0.462. The summed E-state index contributed by atoms with van der Waals surface area (Å²) in [4.78, 5) is 11.1. The van der Waals surface area contributed by atoms with E-state index >= 15 is 0 Å². The number of ether oxygens (including phenoxy) is 1. The lowest BCUT2D eigenvalue weighted by Crippen LogP contribution is -2.34. The molecule has 1 N–H and O–H groups in total. The summed E-state index contributed by atoms with van der Waals surface area (Å²) in [7, 11) is 2.18. The highest BCUT2D eigenvalue weighted by atomic mass is 16.5. The van der Waals surface area contributed by atoms with Crippen molar-refractivity contribution in [3.63, 3.8) is 0 Å². The number of anilines is 1. The Balaban J connectivity index is 1.35. The number of nitrogens with zero attached hydrogens (tertiary/aromatic N) is 3. The quantitative estimate of drug-likeness (QED) is 0.811. The molecule has 0 unspecified atom stereocenters. The summed E-state index contributed by atoms with van der Waals surface area (Å²) in [6, 6.07) is 0. The number of hydrogen-bond donors (Lipinski definition) is 1. The molecule has 116 valence electrons. The van der Waals surface area contributed by atoms with Gasteiger partial charge in [-0.3, -0.25) is 0 Å². The number of likely N-dealkylation sites (tertiary alicyclic amines) is 1. The van der Waals surface area contributed by atoms with Crippen molar-refractivity contribution >= 4 is 5.82 Å². The summed E-state index contributed by atoms with van der Waals surface area (Å²) < 4.78 is 5.96. The van der Waals surface area contributed by atoms with Gasteiger partial charge in [-0.25, -0.2) is 9.97 Å². The van der Waals surface area contributed by atoms with E-state index in [9.17, 15) is 0 Å². The predicted octanol–water partition coefficient (Wildman–Crippen LogP) is 1.88. The first kappa shape index (κ1) is 14.7. The van der Waals surface area contributed by atoms with Gasteiger partial charge >= 0.3 is 0 Å². The van der Waals surface area contributed by atoms with Crippen LogP contribution in [-0.2, 0) is 17.6 Å². The van der Waals surface area contributed by atoms with E-state index in [1.165, 1.54) is 30.5 Å². The van der Waals surface area contributed by atoms with Crippen molar-refractivity contribution in [2.75, 3.05) is 38.6 Å². The summed E-state index contributed by atoms with van der Waals surface area (Å²) in [5.74, 6) is 1.04. The molecule has 1 aromatic rings. The van der Waals surface area contributed by atoms with Crippen molar-refractivity contribution in [2.45, 2.75) is 44.6 Å². The van der Waals surface area contributed by atoms with E-state index in [1.807, 2.05) is 0 Å². The van der Waals surface area contributed by atoms with Gasteiger partial charge in [0.2, 0.25) is 0 Å². The van der Waals surface area contributed by atoms with Gasteiger partial charge in [-0.2, -0.15) is 0 Å². The number of nitrogens with one attached hydrogen (secondary N) is 1. The minimum absolute atomic E-state index is 0.462. The maximum atomic E-state index is 5.96. The van der Waals surface area contributed by atoms with Gasteiger partial charge in [-0.05, 0) is 45.6 Å². The highest BCUT2D eigenvalue weighted by molar-refractivity contribution is 5.47. The molecule has 21 heavy (non-hydrogen) atoms. The average molecular weight is 290 g/mol. The number of fused-ring (bicyclic) bond motifs is 1. The topological polar surface area (TPSA) is 50.3 Å². The monoisotopic (exact) mass is 290 g/mol. The van der Waals surface area contributed by atoms with E-state index < -0.39 is 0 Å². The molecule has 2 heterocycles. The summed E-state index contributed by atoms with van der Waals surface area (Å²) in [6.07, 6.45) is 8.95. The van der Waals surface area contributed by atoms with E-state index in [2.05, 4.69) is 27.2 Å². The summed E-state index contributed by atoms with van der Waals surface area (Å²) in [5, 5.41) is 3.45. The molecule has 0 bridgehead atoms. The molecule has 1 aliphatic heterocycles. The lowest BCUT2D eigenvalue weighted by molar-refractivity contribution is 0.0125. The molecule has 2 aliphatic rings. The second kappa shape index (κ2) is 7.18. The van der Waals surface area contributed by atoms with E-state index in [1.54, 1.807) is 6.33 Å². The Kier molecular flexibility index (Phi) is 5.04. The molecule has 3 rings (SSSR count). The van der Waals surface area contributed by atoms with Gasteiger partial charge in [0.1, 0.15) is 12.1 Å². The number of aryl methyl sites for hydroxylation is 1. The van der Waals surface area contributed by atoms with Crippen LogP contribution in [0.4, 0.5) is 5.82 Å². The lowest BCUT2D eigenvalue weighted by atomic mass is 10.1. The van der Waals surface area contributed by atoms with Gasteiger partial charge < -0.3 is 15.0 Å². The van der Waals surface area contributed by atoms with Crippen LogP contribution >= 0.6 is 0 Å². The van der Waals surface area contributed by atoms with Crippen LogP contribution < -0.4 is 5.32 Å². The summed E-state index contributed by atoms with van der Waals surface area (Å²) in [6.45, 7) is 4.09. The Bertz CT molecular complexity index is 458. The molecule has 1 saturated heterocycles. The molecule has 0 spiro atoms. The van der Waals surface area contributed by atoms with Gasteiger partial charge in [-0.1, -0.05) is 0 Å². The van der Waals surface area contributed by atoms with Crippen LogP contribution in [0.5, 0.6) is 0 Å². The maximum absolute atomic E-state index is 5.96. The molecule has 1 fully saturated rings. The zero-order chi connectivity index (χ0) is 14.5. The van der Waals surface area contributed by atoms with E-state index in [0.29, 0.717) is 6.10 Å². The highest BCUT2D eigenvalue weighted by Gasteiger charge is 2.17. The Morgan fingerprint density at radius 3 is 3.00 bits per heavy atom. The van der Waals surface area contributed by atoms with Crippen LogP contribution in [0.25, 0.3) is 0 Å². The number of aromatic nitrogens is 2. The first-order chi connectivity index (χ1) is 10.3. The van der Waals surface area contributed by atoms with Crippen molar-refractivity contribution in [1.29, 1.82) is 0 Å². The van der Waals surface area contributed by atoms with Crippen molar-refractivity contribution in [2.24, 2.45) is 0 Å². The standard InChI is InChI=1S/C16H26N4O/c1-20-9-6-13(7-10-20)21-11-3-8-17-16-14-4-2-5-15(14)18-12-19-16/h12-13H,2-11H2,1H3,(H,17,18,19). The molecule has 1 aliphatic carbocycles. The van der Waals surface area contributed by atoms with Crippen LogP contribution in [0.1, 0.15) is 36.9 Å². The second-order valence-corrected chi connectivity index (χ2v) is 6.15. The van der Waals surface area contributed by atoms with Crippen LogP contribution in [0.2, 0.25) is 0 Å². The molecule has 0 saturated carbocycles. The molecule has 0 radical (unpaired) electrons. The molecule has 1 aromatic heterocycles. The fourth-order valence-corrected chi connectivity index (χ4v) is 3.19. The molecule has 5 nitrogen and oxygen atoms in total. The molecule has 0 amide bonds. The van der Waals surface area contributed by atoms with Crippen molar-refractivity contribution < 1.29 is 4.74 Å². The Hall–Kier alpha value is -1.20. The third-order valence-electron chi connectivity index (χ3n) is 4.51. The first-order valence-electron chi connectivity index (χ1n) is 8.19. The fourth-order valence-electron chi connectivity index (χ4n) is 3.19. The van der Waals surface area contributed by atoms with Gasteiger partial charge in [0.25, 0.3) is 0 Å². The van der Waals surface area contributed by atoms with Crippen molar-refractivity contribution in [3.05, 3.63) is 17.6 Å². The largest absolute Gasteiger partial charge is 0.378 e. The number of hydrogen-bond acceptors (Lipinski definition) is 5. The molecule has 0 atom stereocenters. The SMILES string of the molecule is CN1CCC(OCCCNc2ncnc3c2CCC3)CC1. The number of piperidine rings is 1. The Morgan fingerprint density at radius 1 is 1.29 bits per heavy atom. The van der Waals surface area contributed by atoms with E-state index in [0.717, 1.165) is 51.3 Å². The Morgan fingerprint density at radius 2 is 2.14 bits per heavy atom. The zero-order valence-corrected chi connectivity index (χ0v) is 13.0. The smallest absolute Gasteiger partial charge is 0.132 e. The maximum Gasteiger partial charge on any atom is 0.132 e. The van der Waals surface area contributed by atoms with Crippen LogP contribution in [-0.4, -0.2) is 54.3 Å². The highest BCUT2D eigenvalue weighted by Crippen LogP contribution is 2.24. The van der Waals surface area contributed by atoms with E-state index in [4.69, 9.17) is 4.74 Å². The number of rotatable bonds is 6. The van der Waals surface area contributed by atoms with Crippen molar-refractivity contribution in [3.8, 4) is 0 Å². The van der Waals surface area contributed by atoms with Crippen molar-refractivity contribution in [1.82, 2.24) is 14.9 Å².